The van der Waals surface area contributed by atoms with Gasteiger partial charge >= 0.3 is 0 Å². The minimum atomic E-state index is 0.0186. The van der Waals surface area contributed by atoms with Crippen molar-refractivity contribution in [3.8, 4) is 0 Å². The standard InChI is InChI=1S/C18H26N6O/c1-14-5-4-6-19-17(14)12-23-7-9-24(10-8-23)13-18(25)21-16-11-20-22(3)15(16)2/h4-6,11H,7-10,12-13H2,1-3H3,(H,21,25). The maximum absolute atomic E-state index is 12.2. The Labute approximate surface area is 148 Å². The van der Waals surface area contributed by atoms with Gasteiger partial charge in [0.15, 0.2) is 0 Å². The first-order valence-electron chi connectivity index (χ1n) is 8.66. The summed E-state index contributed by atoms with van der Waals surface area (Å²) in [5, 5.41) is 7.10. The molecule has 134 valence electrons. The van der Waals surface area contributed by atoms with Crippen molar-refractivity contribution in [1.82, 2.24) is 24.6 Å². The highest BCUT2D eigenvalue weighted by atomic mass is 16.2. The molecule has 25 heavy (non-hydrogen) atoms. The molecule has 0 aromatic carbocycles. The lowest BCUT2D eigenvalue weighted by atomic mass is 10.2. The van der Waals surface area contributed by atoms with E-state index in [1.165, 1.54) is 5.56 Å². The summed E-state index contributed by atoms with van der Waals surface area (Å²) in [4.78, 5) is 21.3. The Morgan fingerprint density at radius 2 is 1.92 bits per heavy atom. The van der Waals surface area contributed by atoms with Crippen LogP contribution < -0.4 is 5.32 Å². The molecule has 0 atom stereocenters. The second kappa shape index (κ2) is 7.76. The monoisotopic (exact) mass is 342 g/mol. The summed E-state index contributed by atoms with van der Waals surface area (Å²) >= 11 is 0. The van der Waals surface area contributed by atoms with E-state index in [1.54, 1.807) is 10.9 Å². The van der Waals surface area contributed by atoms with Crippen molar-refractivity contribution in [3.63, 3.8) is 0 Å². The van der Waals surface area contributed by atoms with Crippen LogP contribution in [0.5, 0.6) is 0 Å². The molecule has 3 heterocycles. The maximum Gasteiger partial charge on any atom is 0.238 e. The van der Waals surface area contributed by atoms with Crippen LogP contribution in [0.15, 0.2) is 24.5 Å². The second-order valence-corrected chi connectivity index (χ2v) is 6.63. The number of pyridine rings is 1. The summed E-state index contributed by atoms with van der Waals surface area (Å²) in [6.07, 6.45) is 3.55. The number of amides is 1. The first-order valence-corrected chi connectivity index (χ1v) is 8.66. The molecular formula is C18H26N6O. The minimum absolute atomic E-state index is 0.0186. The van der Waals surface area contributed by atoms with Crippen LogP contribution >= 0.6 is 0 Å². The first-order chi connectivity index (χ1) is 12.0. The van der Waals surface area contributed by atoms with E-state index < -0.39 is 0 Å². The number of carbonyl (C=O) groups is 1. The molecule has 1 aliphatic rings. The van der Waals surface area contributed by atoms with Gasteiger partial charge < -0.3 is 5.32 Å². The fraction of sp³-hybridized carbons (Fsp3) is 0.500. The van der Waals surface area contributed by atoms with Crippen molar-refractivity contribution in [2.75, 3.05) is 38.0 Å². The van der Waals surface area contributed by atoms with Gasteiger partial charge in [-0.3, -0.25) is 24.3 Å². The largest absolute Gasteiger partial charge is 0.322 e. The van der Waals surface area contributed by atoms with Crippen LogP contribution in [-0.2, 0) is 18.4 Å². The molecule has 7 heteroatoms. The van der Waals surface area contributed by atoms with E-state index in [1.807, 2.05) is 26.2 Å². The van der Waals surface area contributed by atoms with Crippen LogP contribution in [0.25, 0.3) is 0 Å². The van der Waals surface area contributed by atoms with Gasteiger partial charge in [-0.1, -0.05) is 6.07 Å². The molecule has 0 bridgehead atoms. The van der Waals surface area contributed by atoms with Crippen molar-refractivity contribution in [2.24, 2.45) is 7.05 Å². The molecule has 7 nitrogen and oxygen atoms in total. The van der Waals surface area contributed by atoms with E-state index in [-0.39, 0.29) is 5.91 Å². The minimum Gasteiger partial charge on any atom is -0.322 e. The van der Waals surface area contributed by atoms with Crippen molar-refractivity contribution in [3.05, 3.63) is 41.5 Å². The zero-order valence-electron chi connectivity index (χ0n) is 15.2. The molecule has 2 aromatic rings. The summed E-state index contributed by atoms with van der Waals surface area (Å²) in [5.41, 5.74) is 4.12. The third-order valence-corrected chi connectivity index (χ3v) is 4.83. The van der Waals surface area contributed by atoms with Crippen LogP contribution in [-0.4, -0.2) is 63.2 Å². The van der Waals surface area contributed by atoms with Crippen LogP contribution in [0.1, 0.15) is 17.0 Å². The number of carbonyl (C=O) groups excluding carboxylic acids is 1. The Bertz CT molecular complexity index is 733. The Hall–Kier alpha value is -2.25. The van der Waals surface area contributed by atoms with E-state index in [4.69, 9.17) is 0 Å². The third-order valence-electron chi connectivity index (χ3n) is 4.83. The predicted octanol–water partition coefficient (Wildman–Crippen LogP) is 1.19. The molecule has 1 fully saturated rings. The quantitative estimate of drug-likeness (QED) is 0.884. The lowest BCUT2D eigenvalue weighted by molar-refractivity contribution is -0.117. The fourth-order valence-electron chi connectivity index (χ4n) is 3.02. The number of nitrogens with one attached hydrogen (secondary N) is 1. The number of anilines is 1. The SMILES string of the molecule is Cc1cccnc1CN1CCN(CC(=O)Nc2cnn(C)c2C)CC1. The first kappa shape index (κ1) is 17.6. The topological polar surface area (TPSA) is 66.3 Å². The van der Waals surface area contributed by atoms with Gasteiger partial charge in [-0.2, -0.15) is 5.10 Å². The molecule has 1 aliphatic heterocycles. The summed E-state index contributed by atoms with van der Waals surface area (Å²) in [6, 6.07) is 4.07. The molecule has 0 spiro atoms. The Morgan fingerprint density at radius 3 is 2.56 bits per heavy atom. The molecule has 1 N–H and O–H groups in total. The average Bonchev–Trinajstić information content (AvgIpc) is 2.91. The summed E-state index contributed by atoms with van der Waals surface area (Å²) in [7, 11) is 1.87. The van der Waals surface area contributed by atoms with Crippen molar-refractivity contribution >= 4 is 11.6 Å². The van der Waals surface area contributed by atoms with E-state index in [9.17, 15) is 4.79 Å². The summed E-state index contributed by atoms with van der Waals surface area (Å²) in [5.74, 6) is 0.0186. The Kier molecular flexibility index (Phi) is 5.45. The lowest BCUT2D eigenvalue weighted by Gasteiger charge is -2.34. The normalized spacial score (nSPS) is 16.1. The molecule has 1 saturated heterocycles. The molecule has 1 amide bonds. The average molecular weight is 342 g/mol. The van der Waals surface area contributed by atoms with Gasteiger partial charge in [0.05, 0.1) is 29.8 Å². The molecular weight excluding hydrogens is 316 g/mol. The molecule has 0 saturated carbocycles. The number of aromatic nitrogens is 3. The molecule has 0 radical (unpaired) electrons. The Morgan fingerprint density at radius 1 is 1.20 bits per heavy atom. The van der Waals surface area contributed by atoms with Gasteiger partial charge in [-0.25, -0.2) is 0 Å². The van der Waals surface area contributed by atoms with Crippen molar-refractivity contribution in [1.29, 1.82) is 0 Å². The predicted molar refractivity (Wildman–Crippen MR) is 97.3 cm³/mol. The smallest absolute Gasteiger partial charge is 0.238 e. The van der Waals surface area contributed by atoms with Gasteiger partial charge in [-0.05, 0) is 25.5 Å². The van der Waals surface area contributed by atoms with Crippen molar-refractivity contribution in [2.45, 2.75) is 20.4 Å². The van der Waals surface area contributed by atoms with E-state index in [0.29, 0.717) is 6.54 Å². The highest BCUT2D eigenvalue weighted by Gasteiger charge is 2.20. The number of rotatable bonds is 5. The van der Waals surface area contributed by atoms with Gasteiger partial charge in [0, 0.05) is 46.0 Å². The van der Waals surface area contributed by atoms with Gasteiger partial charge in [0.25, 0.3) is 0 Å². The van der Waals surface area contributed by atoms with Crippen LogP contribution in [0, 0.1) is 13.8 Å². The highest BCUT2D eigenvalue weighted by molar-refractivity contribution is 5.92. The lowest BCUT2D eigenvalue weighted by Crippen LogP contribution is -2.48. The maximum atomic E-state index is 12.2. The van der Waals surface area contributed by atoms with Crippen LogP contribution in [0.4, 0.5) is 5.69 Å². The van der Waals surface area contributed by atoms with Crippen LogP contribution in [0.2, 0.25) is 0 Å². The van der Waals surface area contributed by atoms with Gasteiger partial charge in [0.2, 0.25) is 5.91 Å². The zero-order valence-corrected chi connectivity index (χ0v) is 15.2. The van der Waals surface area contributed by atoms with E-state index in [2.05, 4.69) is 38.2 Å². The van der Waals surface area contributed by atoms with Crippen LogP contribution in [0.3, 0.4) is 0 Å². The van der Waals surface area contributed by atoms with E-state index in [0.717, 1.165) is 49.8 Å². The highest BCUT2D eigenvalue weighted by Crippen LogP contribution is 2.13. The number of hydrogen-bond donors (Lipinski definition) is 1. The molecule has 0 unspecified atom stereocenters. The number of nitrogens with zero attached hydrogens (tertiary/aromatic N) is 5. The fourth-order valence-corrected chi connectivity index (χ4v) is 3.02. The molecule has 0 aliphatic carbocycles. The molecule has 2 aromatic heterocycles. The number of hydrogen-bond acceptors (Lipinski definition) is 5. The van der Waals surface area contributed by atoms with Gasteiger partial charge in [0.1, 0.15) is 0 Å². The summed E-state index contributed by atoms with van der Waals surface area (Å²) < 4.78 is 1.76. The Balaban J connectivity index is 1.45. The molecule has 3 rings (SSSR count). The van der Waals surface area contributed by atoms with E-state index >= 15 is 0 Å². The van der Waals surface area contributed by atoms with Crippen molar-refractivity contribution < 1.29 is 4.79 Å². The number of aryl methyl sites for hydroxylation is 2. The number of piperazine rings is 1. The third kappa shape index (κ3) is 4.43. The zero-order chi connectivity index (χ0) is 17.8. The second-order valence-electron chi connectivity index (χ2n) is 6.63. The summed E-state index contributed by atoms with van der Waals surface area (Å²) in [6.45, 7) is 9.04. The van der Waals surface area contributed by atoms with Gasteiger partial charge in [-0.15, -0.1) is 0 Å².